The fraction of sp³-hybridized carbons (Fsp3) is 0.500. The SMILES string of the molecule is CC1=C(NC2(C(=O)NCC(F)(F)F)CCOCC2)CCN=C(c2c[nH]c3ncccc23)C1. The number of hydrogen-bond donors (Lipinski definition) is 3. The molecule has 0 saturated carbocycles. The van der Waals surface area contributed by atoms with E-state index in [-0.39, 0.29) is 0 Å². The Morgan fingerprint density at radius 3 is 2.84 bits per heavy atom. The summed E-state index contributed by atoms with van der Waals surface area (Å²) < 4.78 is 43.4. The lowest BCUT2D eigenvalue weighted by atomic mass is 9.87. The van der Waals surface area contributed by atoms with E-state index >= 15 is 0 Å². The average Bonchev–Trinajstić information content (AvgIpc) is 3.12. The second-order valence-corrected chi connectivity index (χ2v) is 8.23. The van der Waals surface area contributed by atoms with E-state index in [4.69, 9.17) is 9.73 Å². The predicted octanol–water partition coefficient (Wildman–Crippen LogP) is 3.24. The van der Waals surface area contributed by atoms with Crippen LogP contribution in [0.15, 0.2) is 40.8 Å². The second kappa shape index (κ2) is 8.93. The van der Waals surface area contributed by atoms with Crippen molar-refractivity contribution in [3.8, 4) is 0 Å². The van der Waals surface area contributed by atoms with E-state index in [1.54, 1.807) is 6.20 Å². The Balaban J connectivity index is 1.55. The number of nitrogens with one attached hydrogen (secondary N) is 3. The van der Waals surface area contributed by atoms with Crippen molar-refractivity contribution in [3.63, 3.8) is 0 Å². The third kappa shape index (κ3) is 4.79. The maximum Gasteiger partial charge on any atom is 0.405 e. The first-order valence-electron chi connectivity index (χ1n) is 10.6. The summed E-state index contributed by atoms with van der Waals surface area (Å²) in [4.78, 5) is 25.1. The van der Waals surface area contributed by atoms with Gasteiger partial charge < -0.3 is 20.4 Å². The molecule has 1 fully saturated rings. The number of halogens is 3. The van der Waals surface area contributed by atoms with Gasteiger partial charge in [0.05, 0.1) is 0 Å². The standard InChI is InChI=1S/C22H26F3N5O2/c1-14-11-18(16-12-28-19-15(16)3-2-7-27-19)26-8-4-17(14)30-21(5-9-32-10-6-21)20(31)29-13-22(23,24)25/h2-3,7,12,30H,4-6,8-11,13H2,1H3,(H,27,28)(H,29,31). The van der Waals surface area contributed by atoms with Crippen molar-refractivity contribution in [2.75, 3.05) is 26.3 Å². The van der Waals surface area contributed by atoms with Gasteiger partial charge in [-0.25, -0.2) is 4.98 Å². The van der Waals surface area contributed by atoms with Crippen LogP contribution in [0.4, 0.5) is 13.2 Å². The predicted molar refractivity (Wildman–Crippen MR) is 114 cm³/mol. The molecule has 2 aliphatic heterocycles. The zero-order valence-electron chi connectivity index (χ0n) is 17.8. The quantitative estimate of drug-likeness (QED) is 0.654. The minimum atomic E-state index is -4.46. The highest BCUT2D eigenvalue weighted by Gasteiger charge is 2.42. The number of amides is 1. The Hall–Kier alpha value is -2.88. The first-order chi connectivity index (χ1) is 15.3. The van der Waals surface area contributed by atoms with Crippen LogP contribution in [-0.4, -0.2) is 59.6 Å². The molecule has 7 nitrogen and oxygen atoms in total. The first-order valence-corrected chi connectivity index (χ1v) is 10.6. The molecule has 2 aromatic heterocycles. The molecule has 10 heteroatoms. The number of carbonyl (C=O) groups is 1. The molecule has 3 N–H and O–H groups in total. The molecule has 0 spiro atoms. The third-order valence-electron chi connectivity index (χ3n) is 5.99. The van der Waals surface area contributed by atoms with Gasteiger partial charge in [-0.05, 0) is 24.6 Å². The lowest BCUT2D eigenvalue weighted by molar-refractivity contribution is -0.144. The number of carbonyl (C=O) groups excluding carboxylic acids is 1. The van der Waals surface area contributed by atoms with Crippen LogP contribution in [0.1, 0.15) is 38.2 Å². The number of H-pyrrole nitrogens is 1. The molecule has 2 aliphatic rings. The topological polar surface area (TPSA) is 91.4 Å². The van der Waals surface area contributed by atoms with Crippen molar-refractivity contribution in [2.45, 2.75) is 44.3 Å². The summed E-state index contributed by atoms with van der Waals surface area (Å²) in [6.45, 7) is 1.75. The van der Waals surface area contributed by atoms with Gasteiger partial charge in [-0.1, -0.05) is 0 Å². The van der Waals surface area contributed by atoms with Gasteiger partial charge in [0.15, 0.2) is 0 Å². The lowest BCUT2D eigenvalue weighted by Crippen LogP contribution is -2.60. The molecule has 0 radical (unpaired) electrons. The molecule has 0 aliphatic carbocycles. The van der Waals surface area contributed by atoms with Crippen molar-refractivity contribution < 1.29 is 22.7 Å². The number of nitrogens with zero attached hydrogens (tertiary/aromatic N) is 2. The summed E-state index contributed by atoms with van der Waals surface area (Å²) in [5.74, 6) is -0.647. The minimum Gasteiger partial charge on any atom is -0.381 e. The average molecular weight is 449 g/mol. The summed E-state index contributed by atoms with van der Waals surface area (Å²) in [6.07, 6.45) is 0.904. The molecular weight excluding hydrogens is 423 g/mol. The Labute approximate surface area is 183 Å². The van der Waals surface area contributed by atoms with Gasteiger partial charge in [0.1, 0.15) is 17.7 Å². The highest BCUT2D eigenvalue weighted by atomic mass is 19.4. The second-order valence-electron chi connectivity index (χ2n) is 8.23. The van der Waals surface area contributed by atoms with Gasteiger partial charge in [0.2, 0.25) is 5.91 Å². The number of allylic oxidation sites excluding steroid dienone is 1. The van der Waals surface area contributed by atoms with E-state index in [0.29, 0.717) is 45.4 Å². The molecule has 1 amide bonds. The first kappa shape index (κ1) is 22.3. The van der Waals surface area contributed by atoms with Crippen molar-refractivity contribution >= 4 is 22.7 Å². The molecule has 4 rings (SSSR count). The third-order valence-corrected chi connectivity index (χ3v) is 5.99. The maximum atomic E-state index is 12.8. The smallest absolute Gasteiger partial charge is 0.381 e. The van der Waals surface area contributed by atoms with Crippen LogP contribution < -0.4 is 10.6 Å². The molecule has 0 aromatic carbocycles. The van der Waals surface area contributed by atoms with E-state index in [9.17, 15) is 18.0 Å². The van der Waals surface area contributed by atoms with Crippen LogP contribution in [-0.2, 0) is 9.53 Å². The van der Waals surface area contributed by atoms with Gasteiger partial charge in [0.25, 0.3) is 0 Å². The highest BCUT2D eigenvalue weighted by molar-refractivity contribution is 6.11. The molecule has 2 aromatic rings. The summed E-state index contributed by atoms with van der Waals surface area (Å²) in [6, 6.07) is 3.86. The Bertz CT molecular complexity index is 1050. The number of aliphatic imine (C=N–C) groups is 1. The van der Waals surface area contributed by atoms with Gasteiger partial charge in [-0.15, -0.1) is 0 Å². The molecule has 172 valence electrons. The summed E-state index contributed by atoms with van der Waals surface area (Å²) in [7, 11) is 0. The van der Waals surface area contributed by atoms with Crippen LogP contribution in [0.2, 0.25) is 0 Å². The van der Waals surface area contributed by atoms with Crippen molar-refractivity contribution in [2.24, 2.45) is 4.99 Å². The summed E-state index contributed by atoms with van der Waals surface area (Å²) in [5.41, 5.74) is 3.42. The Morgan fingerprint density at radius 1 is 1.31 bits per heavy atom. The van der Waals surface area contributed by atoms with Crippen LogP contribution in [0.3, 0.4) is 0 Å². The van der Waals surface area contributed by atoms with E-state index in [1.807, 2.05) is 25.3 Å². The maximum absolute atomic E-state index is 12.8. The van der Waals surface area contributed by atoms with E-state index in [0.717, 1.165) is 33.6 Å². The number of ether oxygens (including phenoxy) is 1. The molecule has 0 unspecified atom stereocenters. The van der Waals surface area contributed by atoms with Gasteiger partial charge in [-0.2, -0.15) is 13.2 Å². The number of fused-ring (bicyclic) bond motifs is 1. The van der Waals surface area contributed by atoms with Crippen LogP contribution >= 0.6 is 0 Å². The van der Waals surface area contributed by atoms with Crippen LogP contribution in [0.25, 0.3) is 11.0 Å². The zero-order valence-corrected chi connectivity index (χ0v) is 17.8. The number of rotatable bonds is 5. The summed E-state index contributed by atoms with van der Waals surface area (Å²) in [5, 5.41) is 6.38. The summed E-state index contributed by atoms with van der Waals surface area (Å²) >= 11 is 0. The van der Waals surface area contributed by atoms with Crippen molar-refractivity contribution in [3.05, 3.63) is 41.4 Å². The van der Waals surface area contributed by atoms with Crippen LogP contribution in [0.5, 0.6) is 0 Å². The number of hydrogen-bond acceptors (Lipinski definition) is 5. The van der Waals surface area contributed by atoms with Crippen LogP contribution in [0, 0.1) is 0 Å². The van der Waals surface area contributed by atoms with Crippen molar-refractivity contribution in [1.29, 1.82) is 0 Å². The van der Waals surface area contributed by atoms with E-state index < -0.39 is 24.2 Å². The monoisotopic (exact) mass is 449 g/mol. The Kier molecular flexibility index (Phi) is 6.23. The largest absolute Gasteiger partial charge is 0.405 e. The van der Waals surface area contributed by atoms with Gasteiger partial charge in [-0.3, -0.25) is 9.79 Å². The number of pyridine rings is 1. The van der Waals surface area contributed by atoms with E-state index in [1.165, 1.54) is 0 Å². The normalized spacial score (nSPS) is 19.4. The number of alkyl halides is 3. The van der Waals surface area contributed by atoms with Gasteiger partial charge >= 0.3 is 6.18 Å². The van der Waals surface area contributed by atoms with E-state index in [2.05, 4.69) is 20.6 Å². The molecule has 32 heavy (non-hydrogen) atoms. The lowest BCUT2D eigenvalue weighted by Gasteiger charge is -2.38. The molecule has 0 atom stereocenters. The molecule has 4 heterocycles. The molecular formula is C22H26F3N5O2. The number of aromatic amines is 1. The molecule has 0 bridgehead atoms. The Morgan fingerprint density at radius 2 is 2.09 bits per heavy atom. The molecule has 1 saturated heterocycles. The highest BCUT2D eigenvalue weighted by Crippen LogP contribution is 2.28. The number of aromatic nitrogens is 2. The van der Waals surface area contributed by atoms with Gasteiger partial charge in [0, 0.05) is 80.2 Å². The zero-order chi connectivity index (χ0) is 22.8. The fourth-order valence-corrected chi connectivity index (χ4v) is 4.24. The minimum absolute atomic E-state index is 0.301. The fourth-order valence-electron chi connectivity index (χ4n) is 4.24. The van der Waals surface area contributed by atoms with Crippen molar-refractivity contribution in [1.82, 2.24) is 20.6 Å².